The summed E-state index contributed by atoms with van der Waals surface area (Å²) in [7, 11) is 0. The highest BCUT2D eigenvalue weighted by atomic mass is 16.3. The van der Waals surface area contributed by atoms with Crippen molar-refractivity contribution in [2.24, 2.45) is 0 Å². The molecule has 2 atom stereocenters. The lowest BCUT2D eigenvalue weighted by atomic mass is 9.96. The molecule has 0 aliphatic rings. The predicted octanol–water partition coefficient (Wildman–Crippen LogP) is 3.15. The van der Waals surface area contributed by atoms with E-state index >= 15 is 0 Å². The van der Waals surface area contributed by atoms with Gasteiger partial charge in [0.25, 0.3) is 0 Å². The minimum atomic E-state index is -0.892. The van der Waals surface area contributed by atoms with Crippen molar-refractivity contribution in [1.82, 2.24) is 5.32 Å². The fourth-order valence-corrected chi connectivity index (χ4v) is 2.04. The minimum absolute atomic E-state index is 0.0730. The Hall–Kier alpha value is -1.58. The van der Waals surface area contributed by atoms with E-state index in [4.69, 9.17) is 4.42 Å². The maximum Gasteiger partial charge on any atom is 0.120 e. The molecule has 0 saturated heterocycles. The molecule has 1 aromatic carbocycles. The highest BCUT2D eigenvalue weighted by Crippen LogP contribution is 2.21. The number of benzene rings is 1. The van der Waals surface area contributed by atoms with Crippen molar-refractivity contribution in [3.05, 3.63) is 59.5 Å². The molecule has 3 nitrogen and oxygen atoms in total. The molecule has 102 valence electrons. The topological polar surface area (TPSA) is 45.4 Å². The fourth-order valence-electron chi connectivity index (χ4n) is 2.04. The van der Waals surface area contributed by atoms with Gasteiger partial charge >= 0.3 is 0 Å². The van der Waals surface area contributed by atoms with Crippen LogP contribution < -0.4 is 5.32 Å². The quantitative estimate of drug-likeness (QED) is 0.867. The van der Waals surface area contributed by atoms with Gasteiger partial charge in [-0.05, 0) is 38.5 Å². The molecule has 0 spiro atoms. The summed E-state index contributed by atoms with van der Waals surface area (Å²) in [6.07, 6.45) is 0. The number of hydrogen-bond donors (Lipinski definition) is 2. The van der Waals surface area contributed by atoms with Gasteiger partial charge in [0, 0.05) is 6.54 Å². The lowest BCUT2D eigenvalue weighted by Gasteiger charge is -2.26. The molecule has 2 rings (SSSR count). The van der Waals surface area contributed by atoms with Crippen LogP contribution in [0.5, 0.6) is 0 Å². The summed E-state index contributed by atoms with van der Waals surface area (Å²) in [5.41, 5.74) is 0.0160. The molecule has 19 heavy (non-hydrogen) atoms. The Balaban J connectivity index is 1.98. The first-order valence-electron chi connectivity index (χ1n) is 6.57. The highest BCUT2D eigenvalue weighted by Gasteiger charge is 2.23. The molecule has 0 amide bonds. The summed E-state index contributed by atoms with van der Waals surface area (Å²) in [6, 6.07) is 13.7. The molecule has 0 radical (unpaired) electrons. The first-order chi connectivity index (χ1) is 8.99. The van der Waals surface area contributed by atoms with Gasteiger partial charge in [0.1, 0.15) is 11.5 Å². The van der Waals surface area contributed by atoms with Crippen molar-refractivity contribution in [3.8, 4) is 0 Å². The molecule has 1 heterocycles. The van der Waals surface area contributed by atoms with Gasteiger partial charge in [-0.25, -0.2) is 0 Å². The zero-order valence-corrected chi connectivity index (χ0v) is 11.7. The number of aryl methyl sites for hydroxylation is 1. The van der Waals surface area contributed by atoms with Gasteiger partial charge in [-0.1, -0.05) is 30.3 Å². The van der Waals surface area contributed by atoms with Gasteiger partial charge in [0.2, 0.25) is 0 Å². The van der Waals surface area contributed by atoms with Gasteiger partial charge in [-0.2, -0.15) is 0 Å². The summed E-state index contributed by atoms with van der Waals surface area (Å²) >= 11 is 0. The molecular weight excluding hydrogens is 238 g/mol. The third-order valence-electron chi connectivity index (χ3n) is 3.34. The number of nitrogens with one attached hydrogen (secondary N) is 1. The Morgan fingerprint density at radius 2 is 1.89 bits per heavy atom. The second-order valence-electron chi connectivity index (χ2n) is 5.19. The van der Waals surface area contributed by atoms with E-state index in [9.17, 15) is 5.11 Å². The van der Waals surface area contributed by atoms with Crippen LogP contribution in [-0.2, 0) is 5.60 Å². The normalized spacial score (nSPS) is 16.0. The number of hydrogen-bond acceptors (Lipinski definition) is 3. The van der Waals surface area contributed by atoms with Crippen LogP contribution in [0, 0.1) is 6.92 Å². The van der Waals surface area contributed by atoms with Crippen LogP contribution in [0.1, 0.15) is 37.0 Å². The molecule has 2 aromatic rings. The van der Waals surface area contributed by atoms with Crippen molar-refractivity contribution >= 4 is 0 Å². The van der Waals surface area contributed by atoms with Gasteiger partial charge in [0.15, 0.2) is 0 Å². The minimum Gasteiger partial charge on any atom is -0.465 e. The first kappa shape index (κ1) is 13.8. The van der Waals surface area contributed by atoms with Crippen LogP contribution in [0.3, 0.4) is 0 Å². The van der Waals surface area contributed by atoms with Gasteiger partial charge < -0.3 is 14.8 Å². The largest absolute Gasteiger partial charge is 0.465 e. The Bertz CT molecular complexity index is 517. The van der Waals surface area contributed by atoms with E-state index in [0.717, 1.165) is 17.1 Å². The smallest absolute Gasteiger partial charge is 0.120 e. The highest BCUT2D eigenvalue weighted by molar-refractivity contribution is 5.22. The van der Waals surface area contributed by atoms with Crippen molar-refractivity contribution in [2.75, 3.05) is 6.54 Å². The van der Waals surface area contributed by atoms with Crippen LogP contribution in [0.4, 0.5) is 0 Å². The number of furan rings is 1. The Morgan fingerprint density at radius 1 is 1.21 bits per heavy atom. The Labute approximate surface area is 114 Å². The number of aliphatic hydroxyl groups is 1. The maximum absolute atomic E-state index is 10.5. The van der Waals surface area contributed by atoms with E-state index < -0.39 is 5.60 Å². The third-order valence-corrected chi connectivity index (χ3v) is 3.34. The fraction of sp³-hybridized carbons (Fsp3) is 0.375. The van der Waals surface area contributed by atoms with Crippen molar-refractivity contribution in [1.29, 1.82) is 0 Å². The summed E-state index contributed by atoms with van der Waals surface area (Å²) in [4.78, 5) is 0. The molecule has 0 aliphatic heterocycles. The predicted molar refractivity (Wildman–Crippen MR) is 75.9 cm³/mol. The molecule has 3 heteroatoms. The molecule has 2 N–H and O–H groups in total. The molecule has 1 aromatic heterocycles. The SMILES string of the molecule is Cc1ccc(C(C)NCC(C)(O)c2ccccc2)o1. The zero-order chi connectivity index (χ0) is 13.9. The van der Waals surface area contributed by atoms with Crippen molar-refractivity contribution < 1.29 is 9.52 Å². The van der Waals surface area contributed by atoms with Gasteiger partial charge in [-0.15, -0.1) is 0 Å². The average molecular weight is 259 g/mol. The van der Waals surface area contributed by atoms with Crippen molar-refractivity contribution in [2.45, 2.75) is 32.4 Å². The molecule has 0 bridgehead atoms. The van der Waals surface area contributed by atoms with Crippen LogP contribution in [0.25, 0.3) is 0 Å². The lowest BCUT2D eigenvalue weighted by molar-refractivity contribution is 0.0536. The third kappa shape index (κ3) is 3.46. The summed E-state index contributed by atoms with van der Waals surface area (Å²) in [5, 5.41) is 13.8. The van der Waals surface area contributed by atoms with E-state index in [1.54, 1.807) is 0 Å². The van der Waals surface area contributed by atoms with E-state index in [-0.39, 0.29) is 6.04 Å². The molecule has 0 aliphatic carbocycles. The van der Waals surface area contributed by atoms with E-state index in [1.165, 1.54) is 0 Å². The molecule has 0 fully saturated rings. The summed E-state index contributed by atoms with van der Waals surface area (Å²) in [5.74, 6) is 1.79. The molecule has 0 saturated carbocycles. The van der Waals surface area contributed by atoms with E-state index in [2.05, 4.69) is 5.32 Å². The monoisotopic (exact) mass is 259 g/mol. The first-order valence-corrected chi connectivity index (χ1v) is 6.57. The zero-order valence-electron chi connectivity index (χ0n) is 11.7. The van der Waals surface area contributed by atoms with Crippen LogP contribution in [0.15, 0.2) is 46.9 Å². The maximum atomic E-state index is 10.5. The van der Waals surface area contributed by atoms with Gasteiger partial charge in [0.05, 0.1) is 11.6 Å². The average Bonchev–Trinajstić information content (AvgIpc) is 2.84. The second kappa shape index (κ2) is 5.59. The molecular formula is C16H21NO2. The number of rotatable bonds is 5. The Kier molecular flexibility index (Phi) is 4.08. The summed E-state index contributed by atoms with van der Waals surface area (Å²) < 4.78 is 5.57. The van der Waals surface area contributed by atoms with E-state index in [0.29, 0.717) is 6.54 Å². The second-order valence-corrected chi connectivity index (χ2v) is 5.19. The van der Waals surface area contributed by atoms with E-state index in [1.807, 2.05) is 63.2 Å². The lowest BCUT2D eigenvalue weighted by Crippen LogP contribution is -2.36. The van der Waals surface area contributed by atoms with Crippen LogP contribution in [-0.4, -0.2) is 11.7 Å². The van der Waals surface area contributed by atoms with Crippen LogP contribution >= 0.6 is 0 Å². The van der Waals surface area contributed by atoms with Crippen molar-refractivity contribution in [3.63, 3.8) is 0 Å². The summed E-state index contributed by atoms with van der Waals surface area (Å²) in [6.45, 7) is 6.24. The van der Waals surface area contributed by atoms with Gasteiger partial charge in [-0.3, -0.25) is 0 Å². The molecule has 2 unspecified atom stereocenters. The van der Waals surface area contributed by atoms with Crippen LogP contribution in [0.2, 0.25) is 0 Å². The standard InChI is InChI=1S/C16H21NO2/c1-12-9-10-15(19-12)13(2)17-11-16(3,18)14-7-5-4-6-8-14/h4-10,13,17-18H,11H2,1-3H3. The Morgan fingerprint density at radius 3 is 2.47 bits per heavy atom.